The Hall–Kier alpha value is -2.24. The van der Waals surface area contributed by atoms with Crippen LogP contribution in [-0.2, 0) is 4.79 Å². The van der Waals surface area contributed by atoms with Crippen LogP contribution in [0.25, 0.3) is 0 Å². The van der Waals surface area contributed by atoms with E-state index in [0.717, 1.165) is 57.8 Å². The topological polar surface area (TPSA) is 68.8 Å². The van der Waals surface area contributed by atoms with E-state index in [9.17, 15) is 4.79 Å². The summed E-state index contributed by atoms with van der Waals surface area (Å²) >= 11 is 0. The SMILES string of the molecule is CCN(CCCNC(=NC)NCCCC(=O)NC1CC1)c1ccccc1. The molecule has 1 amide bonds. The monoisotopic (exact) mass is 359 g/mol. The average molecular weight is 360 g/mol. The summed E-state index contributed by atoms with van der Waals surface area (Å²) in [5.74, 6) is 0.966. The second-order valence-electron chi connectivity index (χ2n) is 6.64. The molecular formula is C20H33N5O. The van der Waals surface area contributed by atoms with Gasteiger partial charge in [-0.25, -0.2) is 0 Å². The van der Waals surface area contributed by atoms with Gasteiger partial charge in [-0.15, -0.1) is 0 Å². The number of hydrogen-bond acceptors (Lipinski definition) is 3. The largest absolute Gasteiger partial charge is 0.372 e. The van der Waals surface area contributed by atoms with Gasteiger partial charge in [0.05, 0.1) is 0 Å². The maximum absolute atomic E-state index is 11.6. The van der Waals surface area contributed by atoms with Crippen molar-refractivity contribution >= 4 is 17.6 Å². The maximum Gasteiger partial charge on any atom is 0.220 e. The van der Waals surface area contributed by atoms with Crippen LogP contribution in [0, 0.1) is 0 Å². The molecule has 0 aliphatic heterocycles. The lowest BCUT2D eigenvalue weighted by Crippen LogP contribution is -2.39. The van der Waals surface area contributed by atoms with Gasteiger partial charge >= 0.3 is 0 Å². The van der Waals surface area contributed by atoms with E-state index in [-0.39, 0.29) is 5.91 Å². The summed E-state index contributed by atoms with van der Waals surface area (Å²) in [5, 5.41) is 9.63. The number of para-hydroxylation sites is 1. The van der Waals surface area contributed by atoms with Gasteiger partial charge < -0.3 is 20.9 Å². The van der Waals surface area contributed by atoms with Crippen LogP contribution in [0.5, 0.6) is 0 Å². The number of nitrogens with one attached hydrogen (secondary N) is 3. The van der Waals surface area contributed by atoms with Crippen LogP contribution in [-0.4, -0.2) is 51.1 Å². The lowest BCUT2D eigenvalue weighted by molar-refractivity contribution is -0.121. The molecule has 0 aromatic heterocycles. The molecule has 6 heteroatoms. The van der Waals surface area contributed by atoms with Crippen molar-refractivity contribution < 1.29 is 4.79 Å². The van der Waals surface area contributed by atoms with Gasteiger partial charge in [-0.2, -0.15) is 0 Å². The molecule has 6 nitrogen and oxygen atoms in total. The molecule has 1 aromatic rings. The number of rotatable bonds is 11. The Labute approximate surface area is 157 Å². The first-order valence-corrected chi connectivity index (χ1v) is 9.76. The van der Waals surface area contributed by atoms with E-state index in [4.69, 9.17) is 0 Å². The third-order valence-corrected chi connectivity index (χ3v) is 4.44. The molecule has 144 valence electrons. The van der Waals surface area contributed by atoms with Crippen molar-refractivity contribution in [2.45, 2.75) is 45.1 Å². The predicted octanol–water partition coefficient (Wildman–Crippen LogP) is 2.13. The van der Waals surface area contributed by atoms with Crippen molar-refractivity contribution in [3.05, 3.63) is 30.3 Å². The van der Waals surface area contributed by atoms with E-state index in [1.165, 1.54) is 5.69 Å². The number of anilines is 1. The van der Waals surface area contributed by atoms with Gasteiger partial charge in [0.25, 0.3) is 0 Å². The lowest BCUT2D eigenvalue weighted by atomic mass is 10.2. The number of guanidine groups is 1. The van der Waals surface area contributed by atoms with Crippen LogP contribution in [0.1, 0.15) is 39.0 Å². The summed E-state index contributed by atoms with van der Waals surface area (Å²) < 4.78 is 0. The van der Waals surface area contributed by atoms with E-state index in [1.807, 2.05) is 6.07 Å². The van der Waals surface area contributed by atoms with E-state index < -0.39 is 0 Å². The number of carbonyl (C=O) groups excluding carboxylic acids is 1. The minimum absolute atomic E-state index is 0.165. The molecule has 0 unspecified atom stereocenters. The molecule has 0 radical (unpaired) electrons. The predicted molar refractivity (Wildman–Crippen MR) is 109 cm³/mol. The molecule has 1 fully saturated rings. The van der Waals surface area contributed by atoms with Crippen molar-refractivity contribution in [2.24, 2.45) is 4.99 Å². The Balaban J connectivity index is 1.55. The molecule has 0 bridgehead atoms. The number of carbonyl (C=O) groups is 1. The summed E-state index contributed by atoms with van der Waals surface area (Å²) in [6.07, 6.45) is 4.70. The number of aliphatic imine (C=N–C) groups is 1. The van der Waals surface area contributed by atoms with Gasteiger partial charge in [0, 0.05) is 51.4 Å². The fraction of sp³-hybridized carbons (Fsp3) is 0.600. The standard InChI is InChI=1S/C20H33N5O/c1-3-25(18-9-5-4-6-10-18)16-8-15-23-20(21-2)22-14-7-11-19(26)24-17-12-13-17/h4-6,9-10,17H,3,7-8,11-16H2,1-2H3,(H,24,26)(H2,21,22,23). The highest BCUT2D eigenvalue weighted by atomic mass is 16.1. The third kappa shape index (κ3) is 7.76. The zero-order chi connectivity index (χ0) is 18.6. The molecule has 1 aliphatic carbocycles. The van der Waals surface area contributed by atoms with Gasteiger partial charge in [-0.3, -0.25) is 9.79 Å². The van der Waals surface area contributed by atoms with E-state index >= 15 is 0 Å². The third-order valence-electron chi connectivity index (χ3n) is 4.44. The van der Waals surface area contributed by atoms with Crippen LogP contribution in [0.2, 0.25) is 0 Å². The van der Waals surface area contributed by atoms with Gasteiger partial charge in [-0.05, 0) is 44.7 Å². The lowest BCUT2D eigenvalue weighted by Gasteiger charge is -2.23. The van der Waals surface area contributed by atoms with E-state index in [1.54, 1.807) is 7.05 Å². The van der Waals surface area contributed by atoms with Crippen LogP contribution in [0.3, 0.4) is 0 Å². The Morgan fingerprint density at radius 3 is 2.46 bits per heavy atom. The van der Waals surface area contributed by atoms with Crippen molar-refractivity contribution in [3.8, 4) is 0 Å². The van der Waals surface area contributed by atoms with Crippen molar-refractivity contribution in [1.82, 2.24) is 16.0 Å². The van der Waals surface area contributed by atoms with E-state index in [0.29, 0.717) is 12.5 Å². The fourth-order valence-electron chi connectivity index (χ4n) is 2.79. The maximum atomic E-state index is 11.6. The zero-order valence-corrected chi connectivity index (χ0v) is 16.1. The fourth-order valence-corrected chi connectivity index (χ4v) is 2.79. The summed E-state index contributed by atoms with van der Waals surface area (Å²) in [6, 6.07) is 10.9. The Bertz CT molecular complexity index is 557. The summed E-state index contributed by atoms with van der Waals surface area (Å²) in [5.41, 5.74) is 1.27. The van der Waals surface area contributed by atoms with Crippen molar-refractivity contribution in [1.29, 1.82) is 0 Å². The molecule has 26 heavy (non-hydrogen) atoms. The second kappa shape index (κ2) is 11.4. The van der Waals surface area contributed by atoms with Gasteiger partial charge in [0.15, 0.2) is 5.96 Å². The molecule has 2 rings (SSSR count). The average Bonchev–Trinajstić information content (AvgIpc) is 3.48. The number of hydrogen-bond donors (Lipinski definition) is 3. The Morgan fingerprint density at radius 2 is 1.85 bits per heavy atom. The van der Waals surface area contributed by atoms with E-state index in [2.05, 4.69) is 57.0 Å². The number of benzene rings is 1. The molecule has 3 N–H and O–H groups in total. The second-order valence-corrected chi connectivity index (χ2v) is 6.64. The minimum atomic E-state index is 0.165. The highest BCUT2D eigenvalue weighted by molar-refractivity contribution is 5.80. The van der Waals surface area contributed by atoms with Crippen LogP contribution in [0.15, 0.2) is 35.3 Å². The zero-order valence-electron chi connectivity index (χ0n) is 16.1. The normalized spacial score (nSPS) is 14.0. The first-order chi connectivity index (χ1) is 12.7. The molecule has 0 heterocycles. The van der Waals surface area contributed by atoms with Crippen molar-refractivity contribution in [2.75, 3.05) is 38.1 Å². The Kier molecular flexibility index (Phi) is 8.79. The first kappa shape index (κ1) is 20.1. The molecule has 1 aliphatic rings. The smallest absolute Gasteiger partial charge is 0.220 e. The number of nitrogens with zero attached hydrogens (tertiary/aromatic N) is 2. The van der Waals surface area contributed by atoms with Crippen LogP contribution >= 0.6 is 0 Å². The van der Waals surface area contributed by atoms with Gasteiger partial charge in [0.1, 0.15) is 0 Å². The highest BCUT2D eigenvalue weighted by Gasteiger charge is 2.22. The molecule has 0 saturated heterocycles. The van der Waals surface area contributed by atoms with Crippen molar-refractivity contribution in [3.63, 3.8) is 0 Å². The van der Waals surface area contributed by atoms with Gasteiger partial charge in [0.2, 0.25) is 5.91 Å². The first-order valence-electron chi connectivity index (χ1n) is 9.76. The van der Waals surface area contributed by atoms with Crippen LogP contribution in [0.4, 0.5) is 5.69 Å². The Morgan fingerprint density at radius 1 is 1.15 bits per heavy atom. The summed E-state index contributed by atoms with van der Waals surface area (Å²) in [4.78, 5) is 18.2. The van der Waals surface area contributed by atoms with Gasteiger partial charge in [-0.1, -0.05) is 18.2 Å². The summed E-state index contributed by atoms with van der Waals surface area (Å²) in [6.45, 7) is 5.81. The molecular weight excluding hydrogens is 326 g/mol. The minimum Gasteiger partial charge on any atom is -0.372 e. The molecule has 1 saturated carbocycles. The molecule has 0 atom stereocenters. The molecule has 1 aromatic carbocycles. The highest BCUT2D eigenvalue weighted by Crippen LogP contribution is 2.18. The quantitative estimate of drug-likeness (QED) is 0.322. The number of amides is 1. The summed E-state index contributed by atoms with van der Waals surface area (Å²) in [7, 11) is 1.78. The van der Waals surface area contributed by atoms with Crippen LogP contribution < -0.4 is 20.9 Å². The molecule has 0 spiro atoms.